The first kappa shape index (κ1) is 17.2. The van der Waals surface area contributed by atoms with Gasteiger partial charge in [0.15, 0.2) is 0 Å². The Morgan fingerprint density at radius 2 is 1.80 bits per heavy atom. The topological polar surface area (TPSA) is 41.1 Å². The van der Waals surface area contributed by atoms with Gasteiger partial charge in [-0.15, -0.1) is 0 Å². The maximum absolute atomic E-state index is 6.24. The van der Waals surface area contributed by atoms with E-state index in [0.29, 0.717) is 11.0 Å². The molecule has 4 nitrogen and oxygen atoms in total. The first-order valence-corrected chi connectivity index (χ1v) is 8.66. The molecule has 3 rings (SSSR count). The first-order chi connectivity index (χ1) is 12.1. The zero-order valence-corrected chi connectivity index (χ0v) is 15.4. The van der Waals surface area contributed by atoms with Crippen molar-refractivity contribution in [1.29, 1.82) is 0 Å². The molecule has 3 aromatic rings. The summed E-state index contributed by atoms with van der Waals surface area (Å²) in [5.74, 6) is 1.39. The molecule has 0 aliphatic heterocycles. The summed E-state index contributed by atoms with van der Waals surface area (Å²) in [6, 6.07) is 17.9. The lowest BCUT2D eigenvalue weighted by atomic mass is 10.2. The van der Waals surface area contributed by atoms with Gasteiger partial charge in [-0.25, -0.2) is 4.98 Å². The fourth-order valence-electron chi connectivity index (χ4n) is 2.67. The van der Waals surface area contributed by atoms with Crippen LogP contribution in [0.1, 0.15) is 18.2 Å². The third-order valence-electron chi connectivity index (χ3n) is 3.85. The van der Waals surface area contributed by atoms with Crippen LogP contribution < -0.4 is 10.2 Å². The van der Waals surface area contributed by atoms with Crippen molar-refractivity contribution in [3.63, 3.8) is 0 Å². The fraction of sp³-hybridized carbons (Fsp3) is 0.200. The molecule has 128 valence electrons. The number of benzene rings is 2. The predicted octanol–water partition coefficient (Wildman–Crippen LogP) is 5.65. The number of anilines is 4. The van der Waals surface area contributed by atoms with Crippen LogP contribution in [0.25, 0.3) is 0 Å². The number of aryl methyl sites for hydroxylation is 2. The number of halogens is 1. The van der Waals surface area contributed by atoms with Crippen molar-refractivity contribution in [1.82, 2.24) is 9.97 Å². The third kappa shape index (κ3) is 4.09. The molecule has 0 amide bonds. The summed E-state index contributed by atoms with van der Waals surface area (Å²) < 4.78 is 0. The van der Waals surface area contributed by atoms with E-state index >= 15 is 0 Å². The van der Waals surface area contributed by atoms with E-state index in [1.165, 1.54) is 5.56 Å². The number of para-hydroxylation sites is 1. The van der Waals surface area contributed by atoms with Crippen molar-refractivity contribution in [2.24, 2.45) is 0 Å². The summed E-state index contributed by atoms with van der Waals surface area (Å²) in [5.41, 5.74) is 4.01. The van der Waals surface area contributed by atoms with E-state index in [4.69, 9.17) is 16.6 Å². The average molecular weight is 353 g/mol. The maximum Gasteiger partial charge on any atom is 0.232 e. The van der Waals surface area contributed by atoms with E-state index in [9.17, 15) is 0 Å². The van der Waals surface area contributed by atoms with Crippen molar-refractivity contribution in [2.75, 3.05) is 16.8 Å². The lowest BCUT2D eigenvalue weighted by molar-refractivity contribution is 0.935. The molecule has 0 bridgehead atoms. The van der Waals surface area contributed by atoms with E-state index in [0.717, 1.165) is 29.4 Å². The quantitative estimate of drug-likeness (QED) is 0.644. The Labute approximate surface area is 153 Å². The zero-order chi connectivity index (χ0) is 17.8. The minimum Gasteiger partial charge on any atom is -0.339 e. The Kier molecular flexibility index (Phi) is 5.19. The van der Waals surface area contributed by atoms with Crippen LogP contribution in [0.2, 0.25) is 5.02 Å². The van der Waals surface area contributed by atoms with E-state index in [1.807, 2.05) is 43.3 Å². The molecule has 0 saturated heterocycles. The number of nitrogens with zero attached hydrogens (tertiary/aromatic N) is 3. The average Bonchev–Trinajstić information content (AvgIpc) is 2.57. The molecule has 2 aromatic carbocycles. The normalized spacial score (nSPS) is 10.6. The van der Waals surface area contributed by atoms with Gasteiger partial charge in [0.25, 0.3) is 0 Å². The van der Waals surface area contributed by atoms with Gasteiger partial charge >= 0.3 is 0 Å². The van der Waals surface area contributed by atoms with Gasteiger partial charge in [0.1, 0.15) is 5.82 Å². The molecule has 0 fully saturated rings. The second-order valence-corrected chi connectivity index (χ2v) is 6.29. The summed E-state index contributed by atoms with van der Waals surface area (Å²) in [6.45, 7) is 6.92. The summed E-state index contributed by atoms with van der Waals surface area (Å²) in [6.07, 6.45) is 0. The van der Waals surface area contributed by atoms with Crippen molar-refractivity contribution in [3.8, 4) is 0 Å². The van der Waals surface area contributed by atoms with Crippen molar-refractivity contribution in [3.05, 3.63) is 70.9 Å². The largest absolute Gasteiger partial charge is 0.339 e. The van der Waals surface area contributed by atoms with Crippen LogP contribution in [0.3, 0.4) is 0 Å². The molecule has 25 heavy (non-hydrogen) atoms. The highest BCUT2D eigenvalue weighted by atomic mass is 35.5. The standard InChI is InChI=1S/C20H21ClN4/c1-4-25(16-9-7-8-14(2)12-16)20-22-15(3)13-19(24-20)23-18-11-6-5-10-17(18)21/h5-13H,4H2,1-3H3,(H,22,23,24). The highest BCUT2D eigenvalue weighted by Crippen LogP contribution is 2.27. The predicted molar refractivity (Wildman–Crippen MR) is 105 cm³/mol. The molecule has 1 N–H and O–H groups in total. The lowest BCUT2D eigenvalue weighted by Crippen LogP contribution is -2.19. The second-order valence-electron chi connectivity index (χ2n) is 5.88. The van der Waals surface area contributed by atoms with Crippen LogP contribution in [-0.4, -0.2) is 16.5 Å². The summed E-state index contributed by atoms with van der Waals surface area (Å²) >= 11 is 6.24. The zero-order valence-electron chi connectivity index (χ0n) is 14.6. The van der Waals surface area contributed by atoms with Crippen LogP contribution >= 0.6 is 11.6 Å². The minimum atomic E-state index is 0.659. The molecule has 0 aliphatic carbocycles. The van der Waals surface area contributed by atoms with Crippen LogP contribution in [0.15, 0.2) is 54.6 Å². The smallest absolute Gasteiger partial charge is 0.232 e. The van der Waals surface area contributed by atoms with Crippen molar-refractivity contribution < 1.29 is 0 Å². The van der Waals surface area contributed by atoms with Gasteiger partial charge in [0.2, 0.25) is 5.95 Å². The van der Waals surface area contributed by atoms with E-state index in [-0.39, 0.29) is 0 Å². The van der Waals surface area contributed by atoms with Crippen LogP contribution in [0.5, 0.6) is 0 Å². The van der Waals surface area contributed by atoms with E-state index in [2.05, 4.69) is 47.2 Å². The van der Waals surface area contributed by atoms with Gasteiger partial charge in [-0.3, -0.25) is 0 Å². The number of aromatic nitrogens is 2. The minimum absolute atomic E-state index is 0.659. The number of nitrogens with one attached hydrogen (secondary N) is 1. The fourth-order valence-corrected chi connectivity index (χ4v) is 2.86. The van der Waals surface area contributed by atoms with Gasteiger partial charge in [0.05, 0.1) is 10.7 Å². The van der Waals surface area contributed by atoms with Gasteiger partial charge < -0.3 is 10.2 Å². The second kappa shape index (κ2) is 7.53. The molecule has 0 radical (unpaired) electrons. The Morgan fingerprint density at radius 1 is 1.00 bits per heavy atom. The summed E-state index contributed by atoms with van der Waals surface area (Å²) in [4.78, 5) is 11.4. The Morgan fingerprint density at radius 3 is 2.52 bits per heavy atom. The highest BCUT2D eigenvalue weighted by Gasteiger charge is 2.13. The molecule has 5 heteroatoms. The van der Waals surface area contributed by atoms with Crippen LogP contribution in [-0.2, 0) is 0 Å². The van der Waals surface area contributed by atoms with Gasteiger partial charge in [-0.05, 0) is 50.6 Å². The Hall–Kier alpha value is -2.59. The molecule has 0 atom stereocenters. The number of rotatable bonds is 5. The Balaban J connectivity index is 1.96. The molecule has 0 aliphatic rings. The SMILES string of the molecule is CCN(c1cccc(C)c1)c1nc(C)cc(Nc2ccccc2Cl)n1. The Bertz CT molecular complexity index is 879. The first-order valence-electron chi connectivity index (χ1n) is 8.28. The molecular weight excluding hydrogens is 332 g/mol. The van der Waals surface area contributed by atoms with Crippen LogP contribution in [0, 0.1) is 13.8 Å². The van der Waals surface area contributed by atoms with Crippen molar-refractivity contribution >= 4 is 34.7 Å². The molecule has 0 saturated carbocycles. The van der Waals surface area contributed by atoms with E-state index < -0.39 is 0 Å². The lowest BCUT2D eigenvalue weighted by Gasteiger charge is -2.22. The summed E-state index contributed by atoms with van der Waals surface area (Å²) in [7, 11) is 0. The third-order valence-corrected chi connectivity index (χ3v) is 4.18. The molecule has 1 aromatic heterocycles. The van der Waals surface area contributed by atoms with Gasteiger partial charge in [-0.1, -0.05) is 35.9 Å². The highest BCUT2D eigenvalue weighted by molar-refractivity contribution is 6.33. The molecule has 0 unspecified atom stereocenters. The van der Waals surface area contributed by atoms with Crippen molar-refractivity contribution in [2.45, 2.75) is 20.8 Å². The molecule has 1 heterocycles. The molecule has 0 spiro atoms. The number of hydrogen-bond donors (Lipinski definition) is 1. The summed E-state index contributed by atoms with van der Waals surface area (Å²) in [5, 5.41) is 3.94. The van der Waals surface area contributed by atoms with E-state index in [1.54, 1.807) is 0 Å². The molecular formula is C20H21ClN4. The van der Waals surface area contributed by atoms with Crippen LogP contribution in [0.4, 0.5) is 23.1 Å². The van der Waals surface area contributed by atoms with Gasteiger partial charge in [-0.2, -0.15) is 4.98 Å². The monoisotopic (exact) mass is 352 g/mol. The number of hydrogen-bond acceptors (Lipinski definition) is 4. The van der Waals surface area contributed by atoms with Gasteiger partial charge in [0, 0.05) is 24.0 Å². The maximum atomic E-state index is 6.24.